The van der Waals surface area contributed by atoms with E-state index in [2.05, 4.69) is 27.7 Å². The highest BCUT2D eigenvalue weighted by Gasteiger charge is 2.51. The third kappa shape index (κ3) is 3.02. The van der Waals surface area contributed by atoms with E-state index in [1.807, 2.05) is 6.08 Å². The van der Waals surface area contributed by atoms with E-state index in [1.54, 1.807) is 0 Å². The summed E-state index contributed by atoms with van der Waals surface area (Å²) in [4.78, 5) is 24.6. The molecule has 0 saturated heterocycles. The fourth-order valence-corrected chi connectivity index (χ4v) is 5.64. The highest BCUT2D eigenvalue weighted by atomic mass is 16.5. The molecule has 0 spiro atoms. The summed E-state index contributed by atoms with van der Waals surface area (Å²) in [6.07, 6.45) is 10.8. The summed E-state index contributed by atoms with van der Waals surface area (Å²) in [6, 6.07) is 0. The van der Waals surface area contributed by atoms with Crippen LogP contribution in [0.1, 0.15) is 59.8 Å². The Kier molecular flexibility index (Phi) is 4.55. The zero-order valence-electron chi connectivity index (χ0n) is 16.1. The smallest absolute Gasteiger partial charge is 0.227 e. The number of allylic oxidation sites excluding steroid dienone is 5. The quantitative estimate of drug-likeness (QED) is 0.678. The summed E-state index contributed by atoms with van der Waals surface area (Å²) in [6.45, 7) is 9.42. The molecule has 136 valence electrons. The molecule has 0 aromatic rings. The molecular weight excluding hydrogens is 312 g/mol. The van der Waals surface area contributed by atoms with Gasteiger partial charge in [-0.1, -0.05) is 45.8 Å². The van der Waals surface area contributed by atoms with Crippen LogP contribution in [0.2, 0.25) is 0 Å². The maximum atomic E-state index is 12.6. The number of rotatable bonds is 2. The average Bonchev–Trinajstić information content (AvgIpc) is 2.52. The highest BCUT2D eigenvalue weighted by molar-refractivity contribution is 6.20. The number of ketones is 2. The van der Waals surface area contributed by atoms with Crippen LogP contribution < -0.4 is 0 Å². The standard InChI is InChI=1S/C22H30O3/c1-14-7-8-19-21(2,3)9-6-10-22(19,4)17(14)12-15-11-16(23)13-18(25-5)20(15)24/h11-14,19H,6-10H2,1-5H3. The maximum absolute atomic E-state index is 12.6. The zero-order valence-corrected chi connectivity index (χ0v) is 16.1. The second-order valence-corrected chi connectivity index (χ2v) is 8.93. The first-order valence-corrected chi connectivity index (χ1v) is 9.47. The Morgan fingerprint density at radius 3 is 2.52 bits per heavy atom. The summed E-state index contributed by atoms with van der Waals surface area (Å²) in [7, 11) is 1.44. The van der Waals surface area contributed by atoms with Gasteiger partial charge in [0, 0.05) is 11.6 Å². The van der Waals surface area contributed by atoms with Crippen LogP contribution in [0, 0.1) is 22.7 Å². The number of ether oxygens (including phenoxy) is 1. The molecule has 3 aliphatic carbocycles. The molecule has 3 heteroatoms. The van der Waals surface area contributed by atoms with Crippen molar-refractivity contribution in [1.82, 2.24) is 0 Å². The van der Waals surface area contributed by atoms with Crippen molar-refractivity contribution < 1.29 is 14.3 Å². The Labute approximate surface area is 151 Å². The van der Waals surface area contributed by atoms with E-state index >= 15 is 0 Å². The van der Waals surface area contributed by atoms with Crippen LogP contribution in [0.5, 0.6) is 0 Å². The summed E-state index contributed by atoms with van der Waals surface area (Å²) in [5.41, 5.74) is 2.26. The van der Waals surface area contributed by atoms with Crippen LogP contribution in [0.3, 0.4) is 0 Å². The molecule has 0 bridgehead atoms. The normalized spacial score (nSPS) is 36.6. The Hall–Kier alpha value is -1.64. The van der Waals surface area contributed by atoms with E-state index in [1.165, 1.54) is 50.5 Å². The molecule has 2 saturated carbocycles. The predicted octanol–water partition coefficient (Wildman–Crippen LogP) is 4.78. The molecule has 0 aliphatic heterocycles. The Balaban J connectivity index is 2.03. The van der Waals surface area contributed by atoms with E-state index in [0.29, 0.717) is 22.8 Å². The van der Waals surface area contributed by atoms with Crippen molar-refractivity contribution >= 4 is 11.6 Å². The Morgan fingerprint density at radius 2 is 1.84 bits per heavy atom. The van der Waals surface area contributed by atoms with Crippen molar-refractivity contribution in [3.63, 3.8) is 0 Å². The molecule has 0 aromatic heterocycles. The van der Waals surface area contributed by atoms with Crippen molar-refractivity contribution in [2.45, 2.75) is 59.8 Å². The van der Waals surface area contributed by atoms with E-state index in [4.69, 9.17) is 4.74 Å². The minimum Gasteiger partial charge on any atom is -0.492 e. The van der Waals surface area contributed by atoms with Crippen LogP contribution in [0.4, 0.5) is 0 Å². The zero-order chi connectivity index (χ0) is 18.4. The number of hydrogen-bond donors (Lipinski definition) is 0. The molecule has 3 atom stereocenters. The molecule has 3 rings (SSSR count). The third-order valence-electron chi connectivity index (χ3n) is 6.90. The van der Waals surface area contributed by atoms with Gasteiger partial charge in [0.15, 0.2) is 11.5 Å². The van der Waals surface area contributed by atoms with Crippen molar-refractivity contribution in [3.05, 3.63) is 35.1 Å². The van der Waals surface area contributed by atoms with E-state index in [-0.39, 0.29) is 22.7 Å². The number of fused-ring (bicyclic) bond motifs is 1. The maximum Gasteiger partial charge on any atom is 0.227 e. The number of hydrogen-bond acceptors (Lipinski definition) is 3. The minimum absolute atomic E-state index is 0.109. The predicted molar refractivity (Wildman–Crippen MR) is 98.9 cm³/mol. The first-order chi connectivity index (χ1) is 11.7. The second-order valence-electron chi connectivity index (χ2n) is 8.93. The molecule has 0 radical (unpaired) electrons. The minimum atomic E-state index is -0.178. The second kappa shape index (κ2) is 6.26. The lowest BCUT2D eigenvalue weighted by Crippen LogP contribution is -2.47. The number of Topliss-reactive ketones (excluding diaryl/α,β-unsaturated/α-hetero) is 1. The molecule has 3 nitrogen and oxygen atoms in total. The SMILES string of the molecule is COC1=CC(=O)C=C(C=C2C(C)CCC3C(C)(C)CCCC23C)C1=O. The molecule has 0 N–H and O–H groups in total. The van der Waals surface area contributed by atoms with Gasteiger partial charge in [0.2, 0.25) is 5.78 Å². The molecule has 0 aromatic carbocycles. The lowest BCUT2D eigenvalue weighted by Gasteiger charge is -2.56. The Bertz CT molecular complexity index is 692. The van der Waals surface area contributed by atoms with E-state index < -0.39 is 0 Å². The van der Waals surface area contributed by atoms with Crippen molar-refractivity contribution in [2.24, 2.45) is 22.7 Å². The van der Waals surface area contributed by atoms with Crippen molar-refractivity contribution in [2.75, 3.05) is 7.11 Å². The third-order valence-corrected chi connectivity index (χ3v) is 6.90. The number of carbonyl (C=O) groups is 2. The molecule has 3 unspecified atom stereocenters. The Morgan fingerprint density at radius 1 is 1.12 bits per heavy atom. The first kappa shape index (κ1) is 18.2. The molecule has 0 amide bonds. The molecule has 0 heterocycles. The van der Waals surface area contributed by atoms with Crippen LogP contribution in [0.15, 0.2) is 35.1 Å². The van der Waals surface area contributed by atoms with Gasteiger partial charge < -0.3 is 4.74 Å². The van der Waals surface area contributed by atoms with Gasteiger partial charge in [0.1, 0.15) is 0 Å². The van der Waals surface area contributed by atoms with Gasteiger partial charge in [-0.25, -0.2) is 0 Å². The summed E-state index contributed by atoms with van der Waals surface area (Å²) < 4.78 is 5.11. The topological polar surface area (TPSA) is 43.4 Å². The van der Waals surface area contributed by atoms with Gasteiger partial charge in [0.05, 0.1) is 7.11 Å². The van der Waals surface area contributed by atoms with E-state index in [9.17, 15) is 9.59 Å². The lowest BCUT2D eigenvalue weighted by atomic mass is 9.48. The molecule has 2 fully saturated rings. The van der Waals surface area contributed by atoms with Gasteiger partial charge in [-0.2, -0.15) is 0 Å². The van der Waals surface area contributed by atoms with Gasteiger partial charge in [-0.3, -0.25) is 9.59 Å². The fraction of sp³-hybridized carbons (Fsp3) is 0.636. The largest absolute Gasteiger partial charge is 0.492 e. The van der Waals surface area contributed by atoms with E-state index in [0.717, 1.165) is 6.42 Å². The van der Waals surface area contributed by atoms with Crippen LogP contribution in [-0.2, 0) is 14.3 Å². The summed E-state index contributed by atoms with van der Waals surface area (Å²) >= 11 is 0. The molecular formula is C22H30O3. The van der Waals surface area contributed by atoms with Crippen LogP contribution in [0.25, 0.3) is 0 Å². The first-order valence-electron chi connectivity index (χ1n) is 9.47. The van der Waals surface area contributed by atoms with Gasteiger partial charge in [-0.05, 0) is 54.4 Å². The lowest BCUT2D eigenvalue weighted by molar-refractivity contribution is -0.117. The van der Waals surface area contributed by atoms with Crippen LogP contribution in [-0.4, -0.2) is 18.7 Å². The van der Waals surface area contributed by atoms with Gasteiger partial charge in [0.25, 0.3) is 0 Å². The van der Waals surface area contributed by atoms with Gasteiger partial charge >= 0.3 is 0 Å². The number of methoxy groups -OCH3 is 1. The monoisotopic (exact) mass is 342 g/mol. The number of carbonyl (C=O) groups excluding carboxylic acids is 2. The van der Waals surface area contributed by atoms with Crippen molar-refractivity contribution in [3.8, 4) is 0 Å². The summed E-state index contributed by atoms with van der Waals surface area (Å²) in [5.74, 6) is 0.869. The van der Waals surface area contributed by atoms with Crippen LogP contribution >= 0.6 is 0 Å². The van der Waals surface area contributed by atoms with Crippen molar-refractivity contribution in [1.29, 1.82) is 0 Å². The fourth-order valence-electron chi connectivity index (χ4n) is 5.64. The molecule has 3 aliphatic rings. The molecule has 25 heavy (non-hydrogen) atoms. The highest BCUT2D eigenvalue weighted by Crippen LogP contribution is 2.61. The average molecular weight is 342 g/mol. The van der Waals surface area contributed by atoms with Gasteiger partial charge in [-0.15, -0.1) is 0 Å². The summed E-state index contributed by atoms with van der Waals surface area (Å²) in [5, 5.41) is 0.